The number of anilines is 2. The molecule has 3 aromatic rings. The summed E-state index contributed by atoms with van der Waals surface area (Å²) in [6, 6.07) is 16.7. The molecule has 2 aliphatic heterocycles. The van der Waals surface area contributed by atoms with Crippen LogP contribution >= 0.6 is 0 Å². The second-order valence-corrected chi connectivity index (χ2v) is 7.72. The highest BCUT2D eigenvalue weighted by Crippen LogP contribution is 2.25. The molecule has 2 amide bonds. The van der Waals surface area contributed by atoms with Gasteiger partial charge in [0.05, 0.1) is 18.6 Å². The topological polar surface area (TPSA) is 100 Å². The SMILES string of the molecule is O=C(Nc1ccc(Oc2ccccc2)cc1)N1CCN(N2CN(O)Cc3[nH]cnc32)CC1. The van der Waals surface area contributed by atoms with E-state index in [1.807, 2.05) is 59.6 Å². The summed E-state index contributed by atoms with van der Waals surface area (Å²) in [5.41, 5.74) is 1.59. The molecule has 166 valence electrons. The summed E-state index contributed by atoms with van der Waals surface area (Å²) in [6.07, 6.45) is 1.64. The van der Waals surface area contributed by atoms with Crippen molar-refractivity contribution >= 4 is 17.5 Å². The number of benzene rings is 2. The number of ether oxygens (including phenoxy) is 1. The van der Waals surface area contributed by atoms with Gasteiger partial charge in [0.25, 0.3) is 0 Å². The molecule has 3 heterocycles. The smallest absolute Gasteiger partial charge is 0.321 e. The number of hydroxylamine groups is 2. The Morgan fingerprint density at radius 1 is 1.00 bits per heavy atom. The summed E-state index contributed by atoms with van der Waals surface area (Å²) in [6.45, 7) is 3.21. The fourth-order valence-corrected chi connectivity index (χ4v) is 3.90. The van der Waals surface area contributed by atoms with Gasteiger partial charge < -0.3 is 25.1 Å². The fourth-order valence-electron chi connectivity index (χ4n) is 3.90. The zero-order chi connectivity index (χ0) is 21.9. The lowest BCUT2D eigenvalue weighted by atomic mass is 10.3. The van der Waals surface area contributed by atoms with Crippen LogP contribution in [0.15, 0.2) is 60.9 Å². The molecule has 2 aliphatic rings. The summed E-state index contributed by atoms with van der Waals surface area (Å²) in [4.78, 5) is 22.0. The van der Waals surface area contributed by atoms with Crippen LogP contribution < -0.4 is 15.1 Å². The highest BCUT2D eigenvalue weighted by atomic mass is 16.5. The standard InChI is InChI=1S/C22H25N7O3/c30-22(25-17-6-8-19(9-7-17)32-18-4-2-1-3-5-18)26-10-12-27(13-11-26)29-16-28(31)14-20-21(29)24-15-23-20/h1-9,15,31H,10-14,16H2,(H,23,24)(H,25,30). The molecule has 1 aromatic heterocycles. The van der Waals surface area contributed by atoms with Crippen LogP contribution in [0.3, 0.4) is 0 Å². The average Bonchev–Trinajstić information content (AvgIpc) is 3.29. The number of carbonyl (C=O) groups excluding carboxylic acids is 1. The number of para-hydroxylation sites is 1. The first-order chi connectivity index (χ1) is 15.7. The summed E-state index contributed by atoms with van der Waals surface area (Å²) in [7, 11) is 0. The zero-order valence-corrected chi connectivity index (χ0v) is 17.5. The first-order valence-electron chi connectivity index (χ1n) is 10.5. The molecule has 0 bridgehead atoms. The van der Waals surface area contributed by atoms with Crippen LogP contribution in [0.2, 0.25) is 0 Å². The fraction of sp³-hybridized carbons (Fsp3) is 0.273. The van der Waals surface area contributed by atoms with Crippen LogP contribution in [-0.2, 0) is 6.54 Å². The molecule has 3 N–H and O–H groups in total. The monoisotopic (exact) mass is 435 g/mol. The van der Waals surface area contributed by atoms with Gasteiger partial charge in [-0.25, -0.2) is 14.8 Å². The lowest BCUT2D eigenvalue weighted by Gasteiger charge is -2.44. The van der Waals surface area contributed by atoms with Gasteiger partial charge in [-0.1, -0.05) is 18.2 Å². The molecular formula is C22H25N7O3. The normalized spacial score (nSPS) is 17.2. The number of hydrazine groups is 1. The van der Waals surface area contributed by atoms with Crippen LogP contribution in [0, 0.1) is 0 Å². The van der Waals surface area contributed by atoms with E-state index in [0.29, 0.717) is 50.8 Å². The molecule has 0 atom stereocenters. The van der Waals surface area contributed by atoms with Crippen molar-refractivity contribution in [2.75, 3.05) is 43.2 Å². The Kier molecular flexibility index (Phi) is 5.63. The third-order valence-electron chi connectivity index (χ3n) is 5.55. The van der Waals surface area contributed by atoms with Gasteiger partial charge in [0.1, 0.15) is 18.2 Å². The van der Waals surface area contributed by atoms with Gasteiger partial charge in [0, 0.05) is 31.9 Å². The quantitative estimate of drug-likeness (QED) is 0.579. The van der Waals surface area contributed by atoms with E-state index in [9.17, 15) is 10.0 Å². The number of H-pyrrole nitrogens is 1. The van der Waals surface area contributed by atoms with Gasteiger partial charge in [-0.05, 0) is 36.4 Å². The lowest BCUT2D eigenvalue weighted by Crippen LogP contribution is -2.59. The second-order valence-electron chi connectivity index (χ2n) is 7.72. The summed E-state index contributed by atoms with van der Waals surface area (Å²) in [5.74, 6) is 2.30. The number of nitrogens with zero attached hydrogens (tertiary/aromatic N) is 5. The van der Waals surface area contributed by atoms with Crippen LogP contribution in [0.5, 0.6) is 11.5 Å². The number of rotatable bonds is 4. The predicted octanol–water partition coefficient (Wildman–Crippen LogP) is 2.94. The van der Waals surface area contributed by atoms with Crippen molar-refractivity contribution in [2.45, 2.75) is 6.54 Å². The summed E-state index contributed by atoms with van der Waals surface area (Å²) in [5, 5.41) is 18.3. The number of fused-ring (bicyclic) bond motifs is 1. The predicted molar refractivity (Wildman–Crippen MR) is 118 cm³/mol. The van der Waals surface area contributed by atoms with Crippen molar-refractivity contribution in [2.24, 2.45) is 0 Å². The molecule has 1 fully saturated rings. The van der Waals surface area contributed by atoms with Crippen LogP contribution in [-0.4, -0.2) is 69.0 Å². The molecule has 0 spiro atoms. The number of imidazole rings is 1. The minimum Gasteiger partial charge on any atom is -0.457 e. The molecule has 0 unspecified atom stereocenters. The highest BCUT2D eigenvalue weighted by molar-refractivity contribution is 5.89. The van der Waals surface area contributed by atoms with Gasteiger partial charge in [-0.3, -0.25) is 5.01 Å². The molecule has 10 heteroatoms. The molecule has 2 aromatic carbocycles. The van der Waals surface area contributed by atoms with E-state index in [1.54, 1.807) is 11.2 Å². The van der Waals surface area contributed by atoms with Gasteiger partial charge in [-0.15, -0.1) is 0 Å². The number of hydrogen-bond acceptors (Lipinski definition) is 7. The maximum atomic E-state index is 12.7. The highest BCUT2D eigenvalue weighted by Gasteiger charge is 2.31. The van der Waals surface area contributed by atoms with E-state index in [4.69, 9.17) is 4.74 Å². The Morgan fingerprint density at radius 3 is 2.47 bits per heavy atom. The number of nitrogens with one attached hydrogen (secondary N) is 2. The Morgan fingerprint density at radius 2 is 1.72 bits per heavy atom. The molecule has 0 aliphatic carbocycles. The van der Waals surface area contributed by atoms with Gasteiger partial charge in [-0.2, -0.15) is 5.06 Å². The van der Waals surface area contributed by atoms with Crippen LogP contribution in [0.25, 0.3) is 0 Å². The summed E-state index contributed by atoms with van der Waals surface area (Å²) < 4.78 is 5.79. The lowest BCUT2D eigenvalue weighted by molar-refractivity contribution is -0.114. The van der Waals surface area contributed by atoms with Crippen molar-refractivity contribution in [1.29, 1.82) is 0 Å². The van der Waals surface area contributed by atoms with E-state index in [-0.39, 0.29) is 6.03 Å². The van der Waals surface area contributed by atoms with Crippen molar-refractivity contribution < 1.29 is 14.7 Å². The average molecular weight is 435 g/mol. The van der Waals surface area contributed by atoms with Gasteiger partial charge in [0.2, 0.25) is 0 Å². The molecule has 0 saturated carbocycles. The third kappa shape index (κ3) is 4.37. The Balaban J connectivity index is 1.14. The largest absolute Gasteiger partial charge is 0.457 e. The number of amides is 2. The Hall–Kier alpha value is -3.60. The van der Waals surface area contributed by atoms with Gasteiger partial charge >= 0.3 is 6.03 Å². The van der Waals surface area contributed by atoms with Gasteiger partial charge in [0.15, 0.2) is 5.82 Å². The number of carbonyl (C=O) groups is 1. The number of urea groups is 1. The zero-order valence-electron chi connectivity index (χ0n) is 17.5. The molecule has 10 nitrogen and oxygen atoms in total. The van der Waals surface area contributed by atoms with Crippen molar-refractivity contribution in [3.63, 3.8) is 0 Å². The van der Waals surface area contributed by atoms with E-state index >= 15 is 0 Å². The minimum absolute atomic E-state index is 0.135. The maximum Gasteiger partial charge on any atom is 0.321 e. The van der Waals surface area contributed by atoms with Crippen molar-refractivity contribution in [3.05, 3.63) is 66.6 Å². The maximum absolute atomic E-state index is 12.7. The van der Waals surface area contributed by atoms with Crippen LogP contribution in [0.4, 0.5) is 16.3 Å². The van der Waals surface area contributed by atoms with Crippen LogP contribution in [0.1, 0.15) is 5.69 Å². The molecular weight excluding hydrogens is 410 g/mol. The number of piperazine rings is 1. The first-order valence-corrected chi connectivity index (χ1v) is 10.5. The Bertz CT molecular complexity index is 1050. The molecule has 5 rings (SSSR count). The molecule has 1 saturated heterocycles. The summed E-state index contributed by atoms with van der Waals surface area (Å²) >= 11 is 0. The van der Waals surface area contributed by atoms with Crippen molar-refractivity contribution in [3.8, 4) is 11.5 Å². The van der Waals surface area contributed by atoms with E-state index in [0.717, 1.165) is 17.3 Å². The van der Waals surface area contributed by atoms with E-state index < -0.39 is 0 Å². The minimum atomic E-state index is -0.135. The first kappa shape index (κ1) is 20.3. The number of hydrogen-bond donors (Lipinski definition) is 3. The van der Waals surface area contributed by atoms with E-state index in [1.165, 1.54) is 5.06 Å². The number of aromatic nitrogens is 2. The third-order valence-corrected chi connectivity index (χ3v) is 5.55. The number of aromatic amines is 1. The molecule has 0 radical (unpaired) electrons. The van der Waals surface area contributed by atoms with E-state index in [2.05, 4.69) is 20.3 Å². The van der Waals surface area contributed by atoms with Crippen molar-refractivity contribution in [1.82, 2.24) is 24.9 Å². The molecule has 32 heavy (non-hydrogen) atoms. The second kappa shape index (κ2) is 8.87. The Labute approximate surface area is 185 Å².